The molecule has 1 saturated heterocycles. The summed E-state index contributed by atoms with van der Waals surface area (Å²) in [6.45, 7) is 4.32. The molecule has 2 N–H and O–H groups in total. The molecule has 4 rings (SSSR count). The minimum absolute atomic E-state index is 0.0640. The summed E-state index contributed by atoms with van der Waals surface area (Å²) in [7, 11) is 1.66. The molecular weight excluding hydrogens is 404 g/mol. The SMILES string of the molecule is CCOc1ccc(CC(=O)NC2CCN(c3cc(-c4ccc(OC)cc4)[nH]n3)CC2)cc1. The van der Waals surface area contributed by atoms with Gasteiger partial charge >= 0.3 is 0 Å². The molecule has 1 aliphatic heterocycles. The van der Waals surface area contributed by atoms with E-state index in [2.05, 4.69) is 26.5 Å². The molecule has 0 saturated carbocycles. The molecule has 0 unspecified atom stereocenters. The van der Waals surface area contributed by atoms with Crippen LogP contribution in [-0.2, 0) is 11.2 Å². The summed E-state index contributed by atoms with van der Waals surface area (Å²) in [5, 5.41) is 10.8. The summed E-state index contributed by atoms with van der Waals surface area (Å²) in [6.07, 6.45) is 2.19. The number of ether oxygens (including phenoxy) is 2. The molecule has 0 radical (unpaired) electrons. The van der Waals surface area contributed by atoms with E-state index in [1.807, 2.05) is 55.5 Å². The average molecular weight is 435 g/mol. The fraction of sp³-hybridized carbons (Fsp3) is 0.360. The van der Waals surface area contributed by atoms with Gasteiger partial charge in [0.15, 0.2) is 5.82 Å². The Kier molecular flexibility index (Phi) is 6.94. The first-order valence-corrected chi connectivity index (χ1v) is 11.1. The number of amides is 1. The number of carbonyl (C=O) groups is 1. The lowest BCUT2D eigenvalue weighted by atomic mass is 10.0. The lowest BCUT2D eigenvalue weighted by molar-refractivity contribution is -0.121. The summed E-state index contributed by atoms with van der Waals surface area (Å²) in [5.74, 6) is 2.67. The van der Waals surface area contributed by atoms with Gasteiger partial charge < -0.3 is 19.7 Å². The summed E-state index contributed by atoms with van der Waals surface area (Å²) in [6, 6.07) is 17.9. The lowest BCUT2D eigenvalue weighted by Crippen LogP contribution is -2.45. The Labute approximate surface area is 188 Å². The molecule has 0 bridgehead atoms. The number of aromatic nitrogens is 2. The van der Waals surface area contributed by atoms with Crippen LogP contribution >= 0.6 is 0 Å². The molecule has 0 aliphatic carbocycles. The number of aromatic amines is 1. The predicted octanol–water partition coefficient (Wildman–Crippen LogP) is 3.81. The van der Waals surface area contributed by atoms with Crippen molar-refractivity contribution in [2.45, 2.75) is 32.2 Å². The van der Waals surface area contributed by atoms with Gasteiger partial charge in [-0.1, -0.05) is 12.1 Å². The number of hydrogen-bond donors (Lipinski definition) is 2. The molecule has 2 heterocycles. The second-order valence-corrected chi connectivity index (χ2v) is 7.95. The largest absolute Gasteiger partial charge is 0.497 e. The van der Waals surface area contributed by atoms with Crippen LogP contribution in [0.25, 0.3) is 11.3 Å². The molecule has 32 heavy (non-hydrogen) atoms. The fourth-order valence-corrected chi connectivity index (χ4v) is 3.98. The molecule has 1 fully saturated rings. The van der Waals surface area contributed by atoms with Crippen LogP contribution in [0.2, 0.25) is 0 Å². The Bertz CT molecular complexity index is 1010. The number of anilines is 1. The van der Waals surface area contributed by atoms with Crippen molar-refractivity contribution in [3.63, 3.8) is 0 Å². The summed E-state index contributed by atoms with van der Waals surface area (Å²) < 4.78 is 10.7. The molecule has 7 heteroatoms. The van der Waals surface area contributed by atoms with E-state index in [-0.39, 0.29) is 11.9 Å². The van der Waals surface area contributed by atoms with Gasteiger partial charge in [0.2, 0.25) is 5.91 Å². The Balaban J connectivity index is 1.26. The highest BCUT2D eigenvalue weighted by Crippen LogP contribution is 2.25. The van der Waals surface area contributed by atoms with Gasteiger partial charge in [-0.3, -0.25) is 9.89 Å². The molecule has 0 spiro atoms. The number of nitrogens with one attached hydrogen (secondary N) is 2. The third-order valence-corrected chi connectivity index (χ3v) is 5.75. The topological polar surface area (TPSA) is 79.5 Å². The maximum atomic E-state index is 12.5. The number of H-pyrrole nitrogens is 1. The van der Waals surface area contributed by atoms with E-state index in [9.17, 15) is 4.79 Å². The average Bonchev–Trinajstić information content (AvgIpc) is 3.31. The van der Waals surface area contributed by atoms with Crippen molar-refractivity contribution in [1.29, 1.82) is 0 Å². The highest BCUT2D eigenvalue weighted by Gasteiger charge is 2.22. The molecule has 2 aromatic carbocycles. The van der Waals surface area contributed by atoms with Crippen molar-refractivity contribution in [2.75, 3.05) is 31.7 Å². The van der Waals surface area contributed by atoms with E-state index in [4.69, 9.17) is 9.47 Å². The van der Waals surface area contributed by atoms with Crippen molar-refractivity contribution < 1.29 is 14.3 Å². The first-order chi connectivity index (χ1) is 15.6. The normalized spacial score (nSPS) is 14.2. The molecule has 7 nitrogen and oxygen atoms in total. The maximum absolute atomic E-state index is 12.5. The van der Waals surface area contributed by atoms with Gasteiger partial charge in [0.1, 0.15) is 11.5 Å². The Morgan fingerprint density at radius 1 is 1.09 bits per heavy atom. The number of benzene rings is 2. The number of methoxy groups -OCH3 is 1. The standard InChI is InChI=1S/C25H30N4O3/c1-3-32-22-8-4-18(5-9-22)16-25(30)26-20-12-14-29(15-13-20)24-17-23(27-28-24)19-6-10-21(31-2)11-7-19/h4-11,17,20H,3,12-16H2,1-2H3,(H,26,30)(H,27,28). The molecule has 1 aromatic heterocycles. The van der Waals surface area contributed by atoms with Crippen molar-refractivity contribution in [3.05, 3.63) is 60.2 Å². The van der Waals surface area contributed by atoms with Gasteiger partial charge in [0.25, 0.3) is 0 Å². The first kappa shape index (κ1) is 21.7. The first-order valence-electron chi connectivity index (χ1n) is 11.1. The highest BCUT2D eigenvalue weighted by atomic mass is 16.5. The molecule has 1 amide bonds. The van der Waals surface area contributed by atoms with Crippen LogP contribution in [-0.4, -0.2) is 49.0 Å². The van der Waals surface area contributed by atoms with Gasteiger partial charge in [-0.15, -0.1) is 0 Å². The molecule has 3 aromatic rings. The monoisotopic (exact) mass is 434 g/mol. The highest BCUT2D eigenvalue weighted by molar-refractivity contribution is 5.79. The van der Waals surface area contributed by atoms with Crippen molar-refractivity contribution in [3.8, 4) is 22.8 Å². The quantitative estimate of drug-likeness (QED) is 0.564. The lowest BCUT2D eigenvalue weighted by Gasteiger charge is -2.32. The van der Waals surface area contributed by atoms with Crippen molar-refractivity contribution >= 4 is 11.7 Å². The van der Waals surface area contributed by atoms with Crippen LogP contribution in [0, 0.1) is 0 Å². The molecule has 168 valence electrons. The Hall–Kier alpha value is -3.48. The Morgan fingerprint density at radius 3 is 2.44 bits per heavy atom. The third kappa shape index (κ3) is 5.41. The minimum Gasteiger partial charge on any atom is -0.497 e. The van der Waals surface area contributed by atoms with Gasteiger partial charge in [-0.05, 0) is 67.3 Å². The van der Waals surface area contributed by atoms with Crippen LogP contribution in [0.3, 0.4) is 0 Å². The fourth-order valence-electron chi connectivity index (χ4n) is 3.98. The molecule has 1 aliphatic rings. The van der Waals surface area contributed by atoms with Gasteiger partial charge in [0.05, 0.1) is 25.8 Å². The Morgan fingerprint density at radius 2 is 1.78 bits per heavy atom. The maximum Gasteiger partial charge on any atom is 0.224 e. The van der Waals surface area contributed by atoms with Gasteiger partial charge in [-0.25, -0.2) is 0 Å². The second-order valence-electron chi connectivity index (χ2n) is 7.95. The summed E-state index contributed by atoms with van der Waals surface area (Å²) >= 11 is 0. The van der Waals surface area contributed by atoms with E-state index >= 15 is 0 Å². The van der Waals surface area contributed by atoms with Crippen LogP contribution in [0.15, 0.2) is 54.6 Å². The van der Waals surface area contributed by atoms with Crippen LogP contribution in [0.1, 0.15) is 25.3 Å². The third-order valence-electron chi connectivity index (χ3n) is 5.75. The number of nitrogens with zero attached hydrogens (tertiary/aromatic N) is 2. The van der Waals surface area contributed by atoms with E-state index in [1.165, 1.54) is 0 Å². The molecule has 0 atom stereocenters. The zero-order valence-corrected chi connectivity index (χ0v) is 18.6. The van der Waals surface area contributed by atoms with E-state index in [0.29, 0.717) is 13.0 Å². The van der Waals surface area contributed by atoms with E-state index in [0.717, 1.165) is 60.1 Å². The molecular formula is C25H30N4O3. The van der Waals surface area contributed by atoms with Crippen molar-refractivity contribution in [1.82, 2.24) is 15.5 Å². The zero-order chi connectivity index (χ0) is 22.3. The zero-order valence-electron chi connectivity index (χ0n) is 18.6. The summed E-state index contributed by atoms with van der Waals surface area (Å²) in [5.41, 5.74) is 3.04. The minimum atomic E-state index is 0.0640. The van der Waals surface area contributed by atoms with Crippen LogP contribution in [0.5, 0.6) is 11.5 Å². The number of rotatable bonds is 8. The van der Waals surface area contributed by atoms with Gasteiger partial charge in [0, 0.05) is 25.2 Å². The van der Waals surface area contributed by atoms with Crippen LogP contribution in [0.4, 0.5) is 5.82 Å². The number of hydrogen-bond acceptors (Lipinski definition) is 5. The van der Waals surface area contributed by atoms with E-state index < -0.39 is 0 Å². The number of carbonyl (C=O) groups excluding carboxylic acids is 1. The summed E-state index contributed by atoms with van der Waals surface area (Å²) in [4.78, 5) is 14.7. The van der Waals surface area contributed by atoms with Crippen molar-refractivity contribution in [2.24, 2.45) is 0 Å². The second kappa shape index (κ2) is 10.2. The van der Waals surface area contributed by atoms with E-state index in [1.54, 1.807) is 7.11 Å². The smallest absolute Gasteiger partial charge is 0.224 e. The number of piperidine rings is 1. The van der Waals surface area contributed by atoms with Gasteiger partial charge in [-0.2, -0.15) is 5.10 Å². The predicted molar refractivity (Wildman–Crippen MR) is 125 cm³/mol. The van der Waals surface area contributed by atoms with Crippen LogP contribution < -0.4 is 19.7 Å².